The fourth-order valence-corrected chi connectivity index (χ4v) is 3.76. The third-order valence-electron chi connectivity index (χ3n) is 5.72. The zero-order valence-corrected chi connectivity index (χ0v) is 21.6. The van der Waals surface area contributed by atoms with Crippen LogP contribution in [0.1, 0.15) is 50.7 Å². The first kappa shape index (κ1) is 28.1. The van der Waals surface area contributed by atoms with Crippen LogP contribution in [-0.4, -0.2) is 46.9 Å². The van der Waals surface area contributed by atoms with Gasteiger partial charge in [0.05, 0.1) is 29.4 Å². The Bertz CT molecular complexity index is 1300. The molecule has 11 heteroatoms. The van der Waals surface area contributed by atoms with Crippen LogP contribution in [0.2, 0.25) is 0 Å². The zero-order chi connectivity index (χ0) is 27.5. The summed E-state index contributed by atoms with van der Waals surface area (Å²) in [7, 11) is 1.53. The number of ether oxygens (including phenoxy) is 2. The highest BCUT2D eigenvalue weighted by molar-refractivity contribution is 5.98. The molecule has 1 aromatic heterocycles. The van der Waals surface area contributed by atoms with E-state index in [9.17, 15) is 18.7 Å². The molecule has 1 heterocycles. The lowest BCUT2D eigenvalue weighted by Gasteiger charge is -2.30. The van der Waals surface area contributed by atoms with Crippen LogP contribution >= 0.6 is 0 Å². The minimum atomic E-state index is -3.82. The van der Waals surface area contributed by atoms with Gasteiger partial charge in [-0.15, -0.1) is 0 Å². The molecule has 37 heavy (non-hydrogen) atoms. The van der Waals surface area contributed by atoms with Gasteiger partial charge in [0.1, 0.15) is 35.4 Å². The molecule has 1 amide bonds. The first-order chi connectivity index (χ1) is 17.3. The summed E-state index contributed by atoms with van der Waals surface area (Å²) < 4.78 is 55.7. The Morgan fingerprint density at radius 1 is 1.19 bits per heavy atom. The van der Waals surface area contributed by atoms with Crippen LogP contribution in [0.4, 0.5) is 24.7 Å². The van der Waals surface area contributed by atoms with Crippen molar-refractivity contribution in [3.05, 3.63) is 53.1 Å². The molecule has 1 atom stereocenters. The second-order valence-electron chi connectivity index (χ2n) is 9.22. The number of aryl methyl sites for hydroxylation is 1. The van der Waals surface area contributed by atoms with Gasteiger partial charge in [-0.2, -0.15) is 8.78 Å². The molecule has 0 aliphatic rings. The zero-order valence-electron chi connectivity index (χ0n) is 21.6. The van der Waals surface area contributed by atoms with Crippen LogP contribution in [0.15, 0.2) is 30.3 Å². The van der Waals surface area contributed by atoms with Gasteiger partial charge in [-0.3, -0.25) is 4.79 Å². The second-order valence-corrected chi connectivity index (χ2v) is 9.22. The van der Waals surface area contributed by atoms with Crippen LogP contribution in [0.3, 0.4) is 0 Å². The van der Waals surface area contributed by atoms with Crippen molar-refractivity contribution in [2.75, 3.05) is 31.0 Å². The van der Waals surface area contributed by atoms with Gasteiger partial charge >= 0.3 is 5.92 Å². The second kappa shape index (κ2) is 10.9. The number of halogens is 3. The molecule has 0 aliphatic heterocycles. The number of aliphatic hydroxyl groups is 1. The highest BCUT2D eigenvalue weighted by atomic mass is 19.3. The molecular weight excluding hydrogens is 489 g/mol. The Labute approximate surface area is 213 Å². The quantitative estimate of drug-likeness (QED) is 0.320. The van der Waals surface area contributed by atoms with E-state index >= 15 is 4.39 Å². The van der Waals surface area contributed by atoms with E-state index in [1.807, 2.05) is 0 Å². The summed E-state index contributed by atoms with van der Waals surface area (Å²) in [4.78, 5) is 20.6. The summed E-state index contributed by atoms with van der Waals surface area (Å²) in [5, 5.41) is 16.2. The number of methoxy groups -OCH3 is 1. The van der Waals surface area contributed by atoms with E-state index in [-0.39, 0.29) is 18.1 Å². The topological polar surface area (TPSA) is 106 Å². The summed E-state index contributed by atoms with van der Waals surface area (Å²) in [6.45, 7) is 7.03. The first-order valence-electron chi connectivity index (χ1n) is 11.6. The number of nitrogens with zero attached hydrogens (tertiary/aromatic N) is 2. The Hall–Kier alpha value is -3.44. The number of benzene rings is 2. The van der Waals surface area contributed by atoms with Gasteiger partial charge in [0, 0.05) is 25.0 Å². The van der Waals surface area contributed by atoms with E-state index in [1.54, 1.807) is 26.0 Å². The third kappa shape index (κ3) is 6.11. The number of aromatic nitrogens is 2. The van der Waals surface area contributed by atoms with Crippen LogP contribution in [0.5, 0.6) is 5.75 Å². The molecule has 3 N–H and O–H groups in total. The lowest BCUT2D eigenvalue weighted by atomic mass is 9.91. The number of hydrogen-bond acceptors (Lipinski definition) is 7. The van der Waals surface area contributed by atoms with Gasteiger partial charge in [-0.05, 0) is 45.9 Å². The number of carbonyl (C=O) groups is 1. The van der Waals surface area contributed by atoms with Gasteiger partial charge in [0.2, 0.25) is 5.91 Å². The Balaban J connectivity index is 2.06. The molecular formula is C26H31F3N4O4. The molecule has 1 unspecified atom stereocenters. The Morgan fingerprint density at radius 3 is 2.51 bits per heavy atom. The summed E-state index contributed by atoms with van der Waals surface area (Å²) in [5.41, 5.74) is -2.51. The van der Waals surface area contributed by atoms with E-state index in [0.29, 0.717) is 40.6 Å². The normalized spacial score (nSPS) is 12.9. The number of rotatable bonds is 10. The highest BCUT2D eigenvalue weighted by Crippen LogP contribution is 2.41. The predicted molar refractivity (Wildman–Crippen MR) is 135 cm³/mol. The van der Waals surface area contributed by atoms with Crippen molar-refractivity contribution in [1.82, 2.24) is 9.97 Å². The van der Waals surface area contributed by atoms with Crippen molar-refractivity contribution in [1.29, 1.82) is 0 Å². The smallest absolute Gasteiger partial charge is 0.303 e. The van der Waals surface area contributed by atoms with Crippen molar-refractivity contribution in [2.45, 2.75) is 52.2 Å². The lowest BCUT2D eigenvalue weighted by molar-refractivity contribution is -0.170. The van der Waals surface area contributed by atoms with Crippen molar-refractivity contribution >= 4 is 28.3 Å². The number of fused-ring (bicyclic) bond motifs is 1. The maximum absolute atomic E-state index is 15.3. The molecule has 0 saturated heterocycles. The minimum Gasteiger partial charge on any atom is -0.489 e. The number of alkyl halides is 2. The van der Waals surface area contributed by atoms with Crippen LogP contribution in [-0.2, 0) is 15.5 Å². The molecule has 8 nitrogen and oxygen atoms in total. The summed E-state index contributed by atoms with van der Waals surface area (Å²) in [6, 6.07) is 6.15. The third-order valence-corrected chi connectivity index (χ3v) is 5.72. The van der Waals surface area contributed by atoms with Gasteiger partial charge in [0.25, 0.3) is 0 Å². The van der Waals surface area contributed by atoms with E-state index in [2.05, 4.69) is 20.6 Å². The summed E-state index contributed by atoms with van der Waals surface area (Å²) in [6.07, 6.45) is 0. The number of carbonyl (C=O) groups excluding carboxylic acids is 1. The highest BCUT2D eigenvalue weighted by Gasteiger charge is 2.49. The van der Waals surface area contributed by atoms with Crippen molar-refractivity contribution in [3.8, 4) is 5.75 Å². The molecule has 0 radical (unpaired) electrons. The molecule has 0 aliphatic carbocycles. The largest absolute Gasteiger partial charge is 0.489 e. The van der Waals surface area contributed by atoms with E-state index in [1.165, 1.54) is 26.2 Å². The Kier molecular flexibility index (Phi) is 8.28. The van der Waals surface area contributed by atoms with Crippen LogP contribution in [0.25, 0.3) is 10.9 Å². The van der Waals surface area contributed by atoms with Crippen molar-refractivity contribution in [2.24, 2.45) is 0 Å². The average molecular weight is 521 g/mol. The van der Waals surface area contributed by atoms with Gasteiger partial charge in [-0.25, -0.2) is 14.4 Å². The van der Waals surface area contributed by atoms with E-state index in [0.717, 1.165) is 19.9 Å². The van der Waals surface area contributed by atoms with Gasteiger partial charge in [0.15, 0.2) is 0 Å². The molecule has 0 saturated carbocycles. The van der Waals surface area contributed by atoms with Crippen LogP contribution < -0.4 is 15.4 Å². The molecule has 200 valence electrons. The Morgan fingerprint density at radius 2 is 1.89 bits per heavy atom. The first-order valence-corrected chi connectivity index (χ1v) is 11.6. The maximum atomic E-state index is 15.3. The average Bonchev–Trinajstić information content (AvgIpc) is 2.78. The number of anilines is 2. The fraction of sp³-hybridized carbons (Fsp3) is 0.423. The van der Waals surface area contributed by atoms with E-state index < -0.39 is 28.9 Å². The van der Waals surface area contributed by atoms with Gasteiger partial charge in [-0.1, -0.05) is 12.1 Å². The molecule has 0 bridgehead atoms. The molecule has 0 spiro atoms. The molecule has 3 aromatic rings. The molecule has 0 fully saturated rings. The number of hydrogen-bond donors (Lipinski definition) is 3. The van der Waals surface area contributed by atoms with Crippen molar-refractivity contribution in [3.63, 3.8) is 0 Å². The molecule has 3 rings (SSSR count). The van der Waals surface area contributed by atoms with Crippen molar-refractivity contribution < 1.29 is 32.5 Å². The number of nitrogens with one attached hydrogen (secondary N) is 2. The molecule has 2 aromatic carbocycles. The van der Waals surface area contributed by atoms with Gasteiger partial charge < -0.3 is 25.2 Å². The van der Waals surface area contributed by atoms with Crippen LogP contribution in [0, 0.1) is 12.7 Å². The predicted octanol–water partition coefficient (Wildman–Crippen LogP) is 5.10. The number of amides is 1. The lowest BCUT2D eigenvalue weighted by Crippen LogP contribution is -2.41. The standard InChI is InChI=1S/C26H31F3N4O4/c1-14(17-8-7-9-19(23(17)27)26(28,29)25(4,5)35)30-24-18-12-22(37-11-10-36-6)21(33-16(3)34)13-20(18)31-15(2)32-24/h7-9,12-14,35H,10-11H2,1-6H3,(H,33,34)(H,30,31,32). The summed E-state index contributed by atoms with van der Waals surface area (Å²) in [5.74, 6) is -4.18. The SMILES string of the molecule is COCCOc1cc2c(NC(C)c3cccc(C(F)(F)C(C)(C)O)c3F)nc(C)nc2cc1NC(C)=O. The monoisotopic (exact) mass is 520 g/mol. The maximum Gasteiger partial charge on any atom is 0.303 e. The fourth-order valence-electron chi connectivity index (χ4n) is 3.76. The summed E-state index contributed by atoms with van der Waals surface area (Å²) >= 11 is 0. The van der Waals surface area contributed by atoms with E-state index in [4.69, 9.17) is 9.47 Å². The minimum absolute atomic E-state index is 0.0303.